The summed E-state index contributed by atoms with van der Waals surface area (Å²) in [6, 6.07) is 0.409. The normalized spacial score (nSPS) is 12.3. The fourth-order valence-electron chi connectivity index (χ4n) is 1.49. The fourth-order valence-corrected chi connectivity index (χ4v) is 1.49. The first kappa shape index (κ1) is 15.5. The molecule has 0 radical (unpaired) electrons. The molecule has 1 atom stereocenters. The lowest BCUT2D eigenvalue weighted by Crippen LogP contribution is -2.31. The first-order chi connectivity index (χ1) is 9.10. The summed E-state index contributed by atoms with van der Waals surface area (Å²) in [5, 5.41) is 6.54. The van der Waals surface area contributed by atoms with Crippen molar-refractivity contribution in [2.24, 2.45) is 0 Å². The van der Waals surface area contributed by atoms with Gasteiger partial charge in [-0.2, -0.15) is 0 Å². The van der Waals surface area contributed by atoms with Crippen LogP contribution >= 0.6 is 0 Å². The average Bonchev–Trinajstić information content (AvgIpc) is 2.41. The zero-order chi connectivity index (χ0) is 14.3. The predicted molar refractivity (Wildman–Crippen MR) is 79.0 cm³/mol. The van der Waals surface area contributed by atoms with E-state index in [2.05, 4.69) is 53.4 Å². The van der Waals surface area contributed by atoms with E-state index >= 15 is 0 Å². The summed E-state index contributed by atoms with van der Waals surface area (Å²) in [4.78, 5) is 10.6. The Morgan fingerprint density at radius 2 is 1.89 bits per heavy atom. The van der Waals surface area contributed by atoms with Crippen molar-refractivity contribution in [1.29, 1.82) is 0 Å². The van der Waals surface area contributed by atoms with Gasteiger partial charge in [0.05, 0.1) is 7.11 Å². The summed E-state index contributed by atoms with van der Waals surface area (Å²) in [5.41, 5.74) is 0. The Bertz CT molecular complexity index is 383. The van der Waals surface area contributed by atoms with E-state index in [0.29, 0.717) is 11.8 Å². The van der Waals surface area contributed by atoms with Gasteiger partial charge >= 0.3 is 0 Å². The molecule has 0 amide bonds. The standard InChI is InChI=1S/C13H25N5O/c1-6-7-14-12-11(19-5)13(17-9-16-12)15-8-10(2)18(3)4/h9-10H,6-8H2,1-5H3,(H2,14,15,16,17). The zero-order valence-corrected chi connectivity index (χ0v) is 12.5. The molecular weight excluding hydrogens is 242 g/mol. The van der Waals surface area contributed by atoms with Crippen molar-refractivity contribution in [3.05, 3.63) is 6.33 Å². The molecule has 0 spiro atoms. The molecule has 0 saturated heterocycles. The second-order valence-corrected chi connectivity index (χ2v) is 4.72. The van der Waals surface area contributed by atoms with Gasteiger partial charge in [-0.15, -0.1) is 0 Å². The molecule has 0 aromatic carbocycles. The molecule has 0 aliphatic heterocycles. The van der Waals surface area contributed by atoms with Gasteiger partial charge in [-0.25, -0.2) is 9.97 Å². The van der Waals surface area contributed by atoms with Crippen molar-refractivity contribution < 1.29 is 4.74 Å². The molecule has 2 N–H and O–H groups in total. The molecule has 0 fully saturated rings. The van der Waals surface area contributed by atoms with Crippen molar-refractivity contribution >= 4 is 11.6 Å². The van der Waals surface area contributed by atoms with Crippen LogP contribution in [0.15, 0.2) is 6.33 Å². The average molecular weight is 267 g/mol. The lowest BCUT2D eigenvalue weighted by Gasteiger charge is -2.21. The molecule has 0 aliphatic carbocycles. The number of hydrogen-bond donors (Lipinski definition) is 2. The Kier molecular flexibility index (Phi) is 6.35. The number of aromatic nitrogens is 2. The van der Waals surface area contributed by atoms with Crippen molar-refractivity contribution in [2.45, 2.75) is 26.3 Å². The van der Waals surface area contributed by atoms with Gasteiger partial charge in [-0.05, 0) is 27.4 Å². The highest BCUT2D eigenvalue weighted by molar-refractivity contribution is 5.63. The molecule has 0 saturated carbocycles. The van der Waals surface area contributed by atoms with E-state index in [0.717, 1.165) is 31.1 Å². The molecule has 1 heterocycles. The third-order valence-electron chi connectivity index (χ3n) is 3.00. The van der Waals surface area contributed by atoms with Gasteiger partial charge in [0.1, 0.15) is 6.33 Å². The SMILES string of the molecule is CCCNc1ncnc(NCC(C)N(C)C)c1OC. The molecule has 0 aliphatic rings. The second-order valence-electron chi connectivity index (χ2n) is 4.72. The van der Waals surface area contributed by atoms with Crippen LogP contribution in [0.4, 0.5) is 11.6 Å². The molecule has 108 valence electrons. The number of nitrogens with zero attached hydrogens (tertiary/aromatic N) is 3. The van der Waals surface area contributed by atoms with Gasteiger partial charge in [0.2, 0.25) is 5.75 Å². The van der Waals surface area contributed by atoms with E-state index in [-0.39, 0.29) is 0 Å². The zero-order valence-electron chi connectivity index (χ0n) is 12.5. The summed E-state index contributed by atoms with van der Waals surface area (Å²) >= 11 is 0. The van der Waals surface area contributed by atoms with E-state index in [4.69, 9.17) is 4.74 Å². The van der Waals surface area contributed by atoms with Crippen molar-refractivity contribution in [3.8, 4) is 5.75 Å². The van der Waals surface area contributed by atoms with Crippen LogP contribution in [0.3, 0.4) is 0 Å². The molecule has 1 aromatic heterocycles. The summed E-state index contributed by atoms with van der Waals surface area (Å²) < 4.78 is 5.40. The molecular formula is C13H25N5O. The molecule has 1 unspecified atom stereocenters. The highest BCUT2D eigenvalue weighted by atomic mass is 16.5. The molecule has 1 aromatic rings. The largest absolute Gasteiger partial charge is 0.490 e. The smallest absolute Gasteiger partial charge is 0.204 e. The van der Waals surface area contributed by atoms with E-state index in [1.807, 2.05) is 0 Å². The highest BCUT2D eigenvalue weighted by Crippen LogP contribution is 2.28. The summed E-state index contributed by atoms with van der Waals surface area (Å²) in [7, 11) is 5.74. The minimum absolute atomic E-state index is 0.409. The maximum absolute atomic E-state index is 5.40. The number of likely N-dealkylation sites (N-methyl/N-ethyl adjacent to an activating group) is 1. The first-order valence-corrected chi connectivity index (χ1v) is 6.63. The first-order valence-electron chi connectivity index (χ1n) is 6.63. The molecule has 0 bridgehead atoms. The lowest BCUT2D eigenvalue weighted by atomic mass is 10.3. The van der Waals surface area contributed by atoms with Crippen LogP contribution in [0, 0.1) is 0 Å². The quantitative estimate of drug-likeness (QED) is 0.747. The van der Waals surface area contributed by atoms with Crippen LogP contribution in [-0.4, -0.2) is 55.2 Å². The van der Waals surface area contributed by atoms with Crippen molar-refractivity contribution in [2.75, 3.05) is 44.9 Å². The van der Waals surface area contributed by atoms with Gasteiger partial charge in [-0.3, -0.25) is 0 Å². The van der Waals surface area contributed by atoms with Crippen LogP contribution in [0.25, 0.3) is 0 Å². The summed E-state index contributed by atoms with van der Waals surface area (Å²) in [5.74, 6) is 2.13. The molecule has 6 nitrogen and oxygen atoms in total. The molecule has 1 rings (SSSR count). The maximum Gasteiger partial charge on any atom is 0.204 e. The van der Waals surface area contributed by atoms with Crippen LogP contribution in [0.1, 0.15) is 20.3 Å². The van der Waals surface area contributed by atoms with Gasteiger partial charge in [0.25, 0.3) is 0 Å². The number of anilines is 2. The number of hydrogen-bond acceptors (Lipinski definition) is 6. The number of rotatable bonds is 8. The van der Waals surface area contributed by atoms with E-state index < -0.39 is 0 Å². The fraction of sp³-hybridized carbons (Fsp3) is 0.692. The third-order valence-corrected chi connectivity index (χ3v) is 3.00. The van der Waals surface area contributed by atoms with Crippen molar-refractivity contribution in [1.82, 2.24) is 14.9 Å². The number of ether oxygens (including phenoxy) is 1. The van der Waals surface area contributed by atoms with E-state index in [1.54, 1.807) is 13.4 Å². The van der Waals surface area contributed by atoms with Gasteiger partial charge < -0.3 is 20.3 Å². The Hall–Kier alpha value is -1.56. The monoisotopic (exact) mass is 267 g/mol. The van der Waals surface area contributed by atoms with Crippen LogP contribution in [-0.2, 0) is 0 Å². The number of methoxy groups -OCH3 is 1. The van der Waals surface area contributed by atoms with Gasteiger partial charge in [0.15, 0.2) is 11.6 Å². The second kappa shape index (κ2) is 7.78. The van der Waals surface area contributed by atoms with Crippen LogP contribution in [0.5, 0.6) is 5.75 Å². The van der Waals surface area contributed by atoms with E-state index in [9.17, 15) is 0 Å². The Balaban J connectivity index is 2.76. The van der Waals surface area contributed by atoms with E-state index in [1.165, 1.54) is 0 Å². The number of nitrogens with one attached hydrogen (secondary N) is 2. The highest BCUT2D eigenvalue weighted by Gasteiger charge is 2.12. The topological polar surface area (TPSA) is 62.3 Å². The van der Waals surface area contributed by atoms with Gasteiger partial charge in [0, 0.05) is 19.1 Å². The Labute approximate surface area is 115 Å². The minimum atomic E-state index is 0.409. The minimum Gasteiger partial charge on any atom is -0.490 e. The predicted octanol–water partition coefficient (Wildman–Crippen LogP) is 1.67. The lowest BCUT2D eigenvalue weighted by molar-refractivity contribution is 0.325. The van der Waals surface area contributed by atoms with Crippen LogP contribution < -0.4 is 15.4 Å². The maximum atomic E-state index is 5.40. The van der Waals surface area contributed by atoms with Crippen LogP contribution in [0.2, 0.25) is 0 Å². The summed E-state index contributed by atoms with van der Waals surface area (Å²) in [6.07, 6.45) is 2.58. The molecule has 19 heavy (non-hydrogen) atoms. The molecule has 6 heteroatoms. The Morgan fingerprint density at radius 1 is 1.26 bits per heavy atom. The summed E-state index contributed by atoms with van der Waals surface area (Å²) in [6.45, 7) is 5.92. The Morgan fingerprint density at radius 3 is 2.42 bits per heavy atom. The van der Waals surface area contributed by atoms with Crippen molar-refractivity contribution in [3.63, 3.8) is 0 Å². The van der Waals surface area contributed by atoms with Gasteiger partial charge in [-0.1, -0.05) is 6.92 Å². The third kappa shape index (κ3) is 4.55.